The number of carbonyl (C=O) groups is 1. The molecule has 1 fully saturated rings. The summed E-state index contributed by atoms with van der Waals surface area (Å²) in [5.74, 6) is 0.256. The highest BCUT2D eigenvalue weighted by Gasteiger charge is 2.26. The van der Waals surface area contributed by atoms with Gasteiger partial charge in [0.1, 0.15) is 6.10 Å². The number of hydrogen-bond donors (Lipinski definition) is 0. The molecule has 0 radical (unpaired) electrons. The lowest BCUT2D eigenvalue weighted by Gasteiger charge is -2.15. The third-order valence-corrected chi connectivity index (χ3v) is 3.21. The largest absolute Gasteiger partial charge is 0.462 e. The Morgan fingerprint density at radius 2 is 2.00 bits per heavy atom. The second-order valence-corrected chi connectivity index (χ2v) is 4.62. The van der Waals surface area contributed by atoms with E-state index in [0.29, 0.717) is 0 Å². The molecule has 88 valence electrons. The van der Waals surface area contributed by atoms with Gasteiger partial charge in [-0.25, -0.2) is 0 Å². The van der Waals surface area contributed by atoms with Crippen LogP contribution in [0.5, 0.6) is 0 Å². The summed E-state index contributed by atoms with van der Waals surface area (Å²) in [7, 11) is 0. The molecule has 2 atom stereocenters. The van der Waals surface area contributed by atoms with Gasteiger partial charge in [-0.15, -0.1) is 0 Å². The lowest BCUT2D eigenvalue weighted by Crippen LogP contribution is -2.20. The van der Waals surface area contributed by atoms with Crippen LogP contribution in [0.3, 0.4) is 0 Å². The molecule has 0 spiro atoms. The number of ether oxygens (including phenoxy) is 1. The van der Waals surface area contributed by atoms with Gasteiger partial charge in [0.15, 0.2) is 0 Å². The topological polar surface area (TPSA) is 26.3 Å². The fourth-order valence-corrected chi connectivity index (χ4v) is 2.27. The maximum absolute atomic E-state index is 11.8. The summed E-state index contributed by atoms with van der Waals surface area (Å²) in [6.07, 6.45) is 8.96. The minimum atomic E-state index is 0.0689. The van der Waals surface area contributed by atoms with Gasteiger partial charge in [-0.2, -0.15) is 0 Å². The van der Waals surface area contributed by atoms with E-state index in [-0.39, 0.29) is 18.0 Å². The Morgan fingerprint density at radius 1 is 1.20 bits per heavy atom. The SMILES string of the molecule is CCCCC1CCCC(CCC)OC1=O. The first-order valence-electron chi connectivity index (χ1n) is 6.48. The number of rotatable bonds is 5. The van der Waals surface area contributed by atoms with Gasteiger partial charge in [0.2, 0.25) is 0 Å². The van der Waals surface area contributed by atoms with Gasteiger partial charge in [-0.1, -0.05) is 33.1 Å². The third-order valence-electron chi connectivity index (χ3n) is 3.21. The van der Waals surface area contributed by atoms with Gasteiger partial charge in [0.25, 0.3) is 0 Å². The van der Waals surface area contributed by atoms with Crippen molar-refractivity contribution in [3.05, 3.63) is 0 Å². The van der Waals surface area contributed by atoms with Crippen LogP contribution in [-0.4, -0.2) is 12.1 Å². The molecule has 0 saturated carbocycles. The monoisotopic (exact) mass is 212 g/mol. The highest BCUT2D eigenvalue weighted by Crippen LogP contribution is 2.25. The Bertz CT molecular complexity index is 189. The van der Waals surface area contributed by atoms with Gasteiger partial charge < -0.3 is 4.74 Å². The Hall–Kier alpha value is -0.530. The van der Waals surface area contributed by atoms with Gasteiger partial charge >= 0.3 is 5.97 Å². The number of cyclic esters (lactones) is 1. The maximum atomic E-state index is 11.8. The van der Waals surface area contributed by atoms with Crippen LogP contribution < -0.4 is 0 Å². The van der Waals surface area contributed by atoms with Crippen LogP contribution in [0.4, 0.5) is 0 Å². The summed E-state index contributed by atoms with van der Waals surface area (Å²) >= 11 is 0. The molecular weight excluding hydrogens is 188 g/mol. The fourth-order valence-electron chi connectivity index (χ4n) is 2.27. The first-order valence-corrected chi connectivity index (χ1v) is 6.48. The van der Waals surface area contributed by atoms with E-state index in [4.69, 9.17) is 4.74 Å². The van der Waals surface area contributed by atoms with E-state index in [9.17, 15) is 4.79 Å². The van der Waals surface area contributed by atoms with E-state index in [2.05, 4.69) is 13.8 Å². The maximum Gasteiger partial charge on any atom is 0.309 e. The summed E-state index contributed by atoms with van der Waals surface area (Å²) in [6, 6.07) is 0. The summed E-state index contributed by atoms with van der Waals surface area (Å²) in [6.45, 7) is 4.31. The van der Waals surface area contributed by atoms with Crippen LogP contribution in [0, 0.1) is 5.92 Å². The molecule has 0 aromatic carbocycles. The molecule has 0 N–H and O–H groups in total. The first-order chi connectivity index (χ1) is 7.27. The molecule has 0 aliphatic carbocycles. The van der Waals surface area contributed by atoms with Gasteiger partial charge in [-0.3, -0.25) is 4.79 Å². The second kappa shape index (κ2) is 6.86. The summed E-state index contributed by atoms with van der Waals surface area (Å²) in [5, 5.41) is 0. The zero-order valence-corrected chi connectivity index (χ0v) is 10.1. The zero-order valence-electron chi connectivity index (χ0n) is 10.1. The zero-order chi connectivity index (χ0) is 11.1. The minimum absolute atomic E-state index is 0.0689. The first kappa shape index (κ1) is 12.5. The Labute approximate surface area is 93.4 Å². The molecule has 15 heavy (non-hydrogen) atoms. The Kier molecular flexibility index (Phi) is 5.74. The molecule has 2 nitrogen and oxygen atoms in total. The Morgan fingerprint density at radius 3 is 2.67 bits per heavy atom. The van der Waals surface area contributed by atoms with Crippen molar-refractivity contribution in [1.29, 1.82) is 0 Å². The van der Waals surface area contributed by atoms with Crippen molar-refractivity contribution in [2.24, 2.45) is 5.92 Å². The molecule has 0 amide bonds. The summed E-state index contributed by atoms with van der Waals surface area (Å²) < 4.78 is 5.52. The van der Waals surface area contributed by atoms with Crippen LogP contribution >= 0.6 is 0 Å². The Balaban J connectivity index is 2.39. The van der Waals surface area contributed by atoms with E-state index in [0.717, 1.165) is 44.9 Å². The fraction of sp³-hybridized carbons (Fsp3) is 0.923. The molecule has 0 bridgehead atoms. The number of unbranched alkanes of at least 4 members (excludes halogenated alkanes) is 1. The molecule has 1 aliphatic heterocycles. The van der Waals surface area contributed by atoms with Crippen molar-refractivity contribution in [3.8, 4) is 0 Å². The molecule has 0 aromatic rings. The molecule has 1 rings (SSSR count). The molecule has 1 heterocycles. The standard InChI is InChI=1S/C13H24O2/c1-3-5-8-11-9-6-10-12(7-4-2)15-13(11)14/h11-12H,3-10H2,1-2H3. The van der Waals surface area contributed by atoms with Gasteiger partial charge in [0.05, 0.1) is 5.92 Å². The van der Waals surface area contributed by atoms with Gasteiger partial charge in [0, 0.05) is 0 Å². The van der Waals surface area contributed by atoms with E-state index < -0.39 is 0 Å². The quantitative estimate of drug-likeness (QED) is 0.650. The summed E-state index contributed by atoms with van der Waals surface area (Å²) in [5.41, 5.74) is 0. The van der Waals surface area contributed by atoms with Crippen molar-refractivity contribution in [1.82, 2.24) is 0 Å². The normalized spacial score (nSPS) is 27.2. The molecule has 2 unspecified atom stereocenters. The van der Waals surface area contributed by atoms with Crippen molar-refractivity contribution in [3.63, 3.8) is 0 Å². The van der Waals surface area contributed by atoms with E-state index in [1.165, 1.54) is 6.42 Å². The third kappa shape index (κ3) is 4.23. The number of esters is 1. The lowest BCUT2D eigenvalue weighted by atomic mass is 9.96. The molecule has 0 aromatic heterocycles. The van der Waals surface area contributed by atoms with Gasteiger partial charge in [-0.05, 0) is 32.1 Å². The minimum Gasteiger partial charge on any atom is -0.462 e. The highest BCUT2D eigenvalue weighted by molar-refractivity contribution is 5.72. The van der Waals surface area contributed by atoms with Crippen LogP contribution in [0.1, 0.15) is 65.2 Å². The molecule has 1 aliphatic rings. The van der Waals surface area contributed by atoms with Crippen LogP contribution in [0.2, 0.25) is 0 Å². The van der Waals surface area contributed by atoms with Crippen molar-refractivity contribution in [2.75, 3.05) is 0 Å². The average Bonchev–Trinajstić information content (AvgIpc) is 2.38. The number of carbonyl (C=O) groups excluding carboxylic acids is 1. The van der Waals surface area contributed by atoms with Crippen LogP contribution in [-0.2, 0) is 9.53 Å². The van der Waals surface area contributed by atoms with Crippen molar-refractivity contribution in [2.45, 2.75) is 71.3 Å². The van der Waals surface area contributed by atoms with Crippen molar-refractivity contribution >= 4 is 5.97 Å². The second-order valence-electron chi connectivity index (χ2n) is 4.62. The van der Waals surface area contributed by atoms with Crippen molar-refractivity contribution < 1.29 is 9.53 Å². The highest BCUT2D eigenvalue weighted by atomic mass is 16.5. The summed E-state index contributed by atoms with van der Waals surface area (Å²) in [4.78, 5) is 11.8. The van der Waals surface area contributed by atoms with E-state index in [1.54, 1.807) is 0 Å². The molecule has 2 heteroatoms. The van der Waals surface area contributed by atoms with E-state index in [1.807, 2.05) is 0 Å². The molecular formula is C13H24O2. The van der Waals surface area contributed by atoms with Crippen LogP contribution in [0.15, 0.2) is 0 Å². The lowest BCUT2D eigenvalue weighted by molar-refractivity contribution is -0.153. The smallest absolute Gasteiger partial charge is 0.309 e. The number of hydrogen-bond acceptors (Lipinski definition) is 2. The average molecular weight is 212 g/mol. The molecule has 1 saturated heterocycles. The predicted molar refractivity (Wildman–Crippen MR) is 61.7 cm³/mol. The van der Waals surface area contributed by atoms with Crippen LogP contribution in [0.25, 0.3) is 0 Å². The van der Waals surface area contributed by atoms with E-state index >= 15 is 0 Å². The predicted octanol–water partition coefficient (Wildman–Crippen LogP) is 3.69.